The summed E-state index contributed by atoms with van der Waals surface area (Å²) in [5, 5.41) is 3.59. The molecule has 1 N–H and O–H groups in total. The van der Waals surface area contributed by atoms with Crippen molar-refractivity contribution >= 4 is 16.8 Å². The van der Waals surface area contributed by atoms with Crippen LogP contribution in [0.4, 0.5) is 0 Å². The second kappa shape index (κ2) is 6.71. The molecule has 0 radical (unpaired) electrons. The average Bonchev–Trinajstić information content (AvgIpc) is 2.59. The molecule has 0 atom stereocenters. The van der Waals surface area contributed by atoms with E-state index in [9.17, 15) is 9.59 Å². The fourth-order valence-corrected chi connectivity index (χ4v) is 2.83. The summed E-state index contributed by atoms with van der Waals surface area (Å²) in [6.45, 7) is 4.49. The summed E-state index contributed by atoms with van der Waals surface area (Å²) >= 11 is 0. The van der Waals surface area contributed by atoms with Crippen LogP contribution in [0, 0.1) is 13.8 Å². The fraction of sp³-hybridized carbons (Fsp3) is 0.200. The third-order valence-corrected chi connectivity index (χ3v) is 4.22. The Balaban J connectivity index is 1.80. The van der Waals surface area contributed by atoms with Gasteiger partial charge < -0.3 is 9.88 Å². The van der Waals surface area contributed by atoms with Crippen LogP contribution in [0.3, 0.4) is 0 Å². The molecule has 0 saturated carbocycles. The van der Waals surface area contributed by atoms with Crippen LogP contribution < -0.4 is 10.7 Å². The predicted molar refractivity (Wildman–Crippen MR) is 96.0 cm³/mol. The second-order valence-electron chi connectivity index (χ2n) is 5.99. The zero-order chi connectivity index (χ0) is 17.1. The van der Waals surface area contributed by atoms with Crippen molar-refractivity contribution in [3.63, 3.8) is 0 Å². The van der Waals surface area contributed by atoms with E-state index in [0.29, 0.717) is 17.5 Å². The van der Waals surface area contributed by atoms with Crippen LogP contribution in [0.25, 0.3) is 10.9 Å². The highest BCUT2D eigenvalue weighted by atomic mass is 16.2. The molecule has 4 heteroatoms. The number of amides is 1. The molecule has 1 amide bonds. The molecule has 122 valence electrons. The SMILES string of the molecule is Cc1ccccc1CNC(=O)Cn1cc(C)c(=O)c2ccccc21. The molecule has 1 aromatic heterocycles. The van der Waals surface area contributed by atoms with Crippen LogP contribution >= 0.6 is 0 Å². The molecular weight excluding hydrogens is 300 g/mol. The van der Waals surface area contributed by atoms with Gasteiger partial charge in [-0.1, -0.05) is 36.4 Å². The van der Waals surface area contributed by atoms with E-state index < -0.39 is 0 Å². The van der Waals surface area contributed by atoms with Gasteiger partial charge in [0.1, 0.15) is 6.54 Å². The molecule has 24 heavy (non-hydrogen) atoms. The number of nitrogens with one attached hydrogen (secondary N) is 1. The number of aromatic nitrogens is 1. The van der Waals surface area contributed by atoms with Gasteiger partial charge in [0, 0.05) is 23.7 Å². The zero-order valence-electron chi connectivity index (χ0n) is 13.9. The topological polar surface area (TPSA) is 51.1 Å². The summed E-state index contributed by atoms with van der Waals surface area (Å²) in [4.78, 5) is 24.5. The molecule has 0 spiro atoms. The van der Waals surface area contributed by atoms with Crippen molar-refractivity contribution in [2.75, 3.05) is 0 Å². The van der Waals surface area contributed by atoms with Gasteiger partial charge in [-0.25, -0.2) is 0 Å². The van der Waals surface area contributed by atoms with Crippen molar-refractivity contribution in [3.8, 4) is 0 Å². The lowest BCUT2D eigenvalue weighted by molar-refractivity contribution is -0.121. The average molecular weight is 320 g/mol. The van der Waals surface area contributed by atoms with Crippen molar-refractivity contribution in [1.82, 2.24) is 9.88 Å². The summed E-state index contributed by atoms with van der Waals surface area (Å²) in [7, 11) is 0. The van der Waals surface area contributed by atoms with E-state index in [1.807, 2.05) is 54.0 Å². The number of pyridine rings is 1. The number of nitrogens with zero attached hydrogens (tertiary/aromatic N) is 1. The fourth-order valence-electron chi connectivity index (χ4n) is 2.83. The number of carbonyl (C=O) groups excluding carboxylic acids is 1. The maximum absolute atomic E-state index is 12.3. The van der Waals surface area contributed by atoms with Crippen molar-refractivity contribution in [3.05, 3.63) is 81.6 Å². The maximum atomic E-state index is 12.3. The van der Waals surface area contributed by atoms with Gasteiger partial charge in [0.2, 0.25) is 5.91 Å². The van der Waals surface area contributed by atoms with Gasteiger partial charge in [-0.2, -0.15) is 0 Å². The smallest absolute Gasteiger partial charge is 0.240 e. The summed E-state index contributed by atoms with van der Waals surface area (Å²) in [5.74, 6) is -0.0774. The number of fused-ring (bicyclic) bond motifs is 1. The Bertz CT molecular complexity index is 957. The first-order chi connectivity index (χ1) is 11.6. The number of carbonyl (C=O) groups is 1. The quantitative estimate of drug-likeness (QED) is 0.803. The maximum Gasteiger partial charge on any atom is 0.240 e. The summed E-state index contributed by atoms with van der Waals surface area (Å²) in [6.07, 6.45) is 1.75. The molecule has 2 aromatic carbocycles. The Morgan fingerprint density at radius 1 is 1.00 bits per heavy atom. The molecule has 0 unspecified atom stereocenters. The minimum atomic E-state index is -0.0774. The van der Waals surface area contributed by atoms with E-state index in [1.165, 1.54) is 0 Å². The van der Waals surface area contributed by atoms with Crippen LogP contribution in [0.15, 0.2) is 59.5 Å². The highest BCUT2D eigenvalue weighted by molar-refractivity contribution is 5.82. The molecule has 0 bridgehead atoms. The lowest BCUT2D eigenvalue weighted by atomic mass is 10.1. The minimum absolute atomic E-state index is 0.0159. The minimum Gasteiger partial charge on any atom is -0.350 e. The Labute approximate surface area is 140 Å². The largest absolute Gasteiger partial charge is 0.350 e. The third kappa shape index (κ3) is 3.23. The standard InChI is InChI=1S/C20H20N2O2/c1-14-7-3-4-8-16(14)11-21-19(23)13-22-12-15(2)20(24)17-9-5-6-10-18(17)22/h3-10,12H,11,13H2,1-2H3,(H,21,23). The molecule has 0 saturated heterocycles. The zero-order valence-corrected chi connectivity index (χ0v) is 13.9. The van der Waals surface area contributed by atoms with Crippen LogP contribution in [-0.4, -0.2) is 10.5 Å². The van der Waals surface area contributed by atoms with E-state index in [1.54, 1.807) is 19.2 Å². The first-order valence-electron chi connectivity index (χ1n) is 7.96. The Morgan fingerprint density at radius 2 is 1.71 bits per heavy atom. The molecule has 0 aliphatic carbocycles. The van der Waals surface area contributed by atoms with Crippen molar-refractivity contribution in [2.24, 2.45) is 0 Å². The Morgan fingerprint density at radius 3 is 2.50 bits per heavy atom. The molecule has 4 nitrogen and oxygen atoms in total. The van der Waals surface area contributed by atoms with Gasteiger partial charge in [-0.3, -0.25) is 9.59 Å². The monoisotopic (exact) mass is 320 g/mol. The number of rotatable bonds is 4. The highest BCUT2D eigenvalue weighted by Crippen LogP contribution is 2.11. The van der Waals surface area contributed by atoms with Crippen molar-refractivity contribution < 1.29 is 4.79 Å². The molecule has 0 aliphatic heterocycles. The van der Waals surface area contributed by atoms with Gasteiger partial charge in [0.15, 0.2) is 5.43 Å². The second-order valence-corrected chi connectivity index (χ2v) is 5.99. The van der Waals surface area contributed by atoms with Crippen LogP contribution in [0.5, 0.6) is 0 Å². The van der Waals surface area contributed by atoms with Crippen LogP contribution in [-0.2, 0) is 17.9 Å². The summed E-state index contributed by atoms with van der Waals surface area (Å²) < 4.78 is 1.83. The van der Waals surface area contributed by atoms with Gasteiger partial charge in [-0.15, -0.1) is 0 Å². The highest BCUT2D eigenvalue weighted by Gasteiger charge is 2.09. The van der Waals surface area contributed by atoms with E-state index in [4.69, 9.17) is 0 Å². The molecule has 0 aliphatic rings. The Hall–Kier alpha value is -2.88. The molecule has 0 fully saturated rings. The Kier molecular flexibility index (Phi) is 4.47. The molecule has 1 heterocycles. The van der Waals surface area contributed by atoms with E-state index >= 15 is 0 Å². The molecule has 3 aromatic rings. The van der Waals surface area contributed by atoms with E-state index in [2.05, 4.69) is 5.32 Å². The predicted octanol–water partition coefficient (Wildman–Crippen LogP) is 2.93. The molecular formula is C20H20N2O2. The van der Waals surface area contributed by atoms with Gasteiger partial charge in [0.25, 0.3) is 0 Å². The number of aryl methyl sites for hydroxylation is 2. The third-order valence-electron chi connectivity index (χ3n) is 4.22. The van der Waals surface area contributed by atoms with Gasteiger partial charge >= 0.3 is 0 Å². The van der Waals surface area contributed by atoms with Crippen molar-refractivity contribution in [1.29, 1.82) is 0 Å². The van der Waals surface area contributed by atoms with Crippen LogP contribution in [0.1, 0.15) is 16.7 Å². The summed E-state index contributed by atoms with van der Waals surface area (Å²) in [5.41, 5.74) is 3.69. The number of hydrogen-bond acceptors (Lipinski definition) is 2. The van der Waals surface area contributed by atoms with Gasteiger partial charge in [-0.05, 0) is 37.1 Å². The van der Waals surface area contributed by atoms with Crippen LogP contribution in [0.2, 0.25) is 0 Å². The number of para-hydroxylation sites is 1. The number of hydrogen-bond donors (Lipinski definition) is 1. The lowest BCUT2D eigenvalue weighted by Gasteiger charge is -2.13. The van der Waals surface area contributed by atoms with Gasteiger partial charge in [0.05, 0.1) is 5.52 Å². The van der Waals surface area contributed by atoms with Crippen molar-refractivity contribution in [2.45, 2.75) is 26.9 Å². The molecule has 3 rings (SSSR count). The normalized spacial score (nSPS) is 10.8. The van der Waals surface area contributed by atoms with E-state index in [-0.39, 0.29) is 17.9 Å². The lowest BCUT2D eigenvalue weighted by Crippen LogP contribution is -2.28. The first kappa shape index (κ1) is 16.0. The summed E-state index contributed by atoms with van der Waals surface area (Å²) in [6, 6.07) is 15.4. The van der Waals surface area contributed by atoms with E-state index in [0.717, 1.165) is 16.6 Å². The first-order valence-corrected chi connectivity index (χ1v) is 7.96. The number of benzene rings is 2.